The van der Waals surface area contributed by atoms with Crippen molar-refractivity contribution < 1.29 is 18.0 Å². The van der Waals surface area contributed by atoms with E-state index in [4.69, 9.17) is 11.6 Å². The lowest BCUT2D eigenvalue weighted by Gasteiger charge is -2.28. The molecule has 3 heterocycles. The molecule has 2 aromatic carbocycles. The fraction of sp³-hybridized carbons (Fsp3) is 0.200. The highest BCUT2D eigenvalue weighted by Gasteiger charge is 2.22. The van der Waals surface area contributed by atoms with Gasteiger partial charge in [-0.15, -0.1) is 0 Å². The van der Waals surface area contributed by atoms with Crippen molar-refractivity contribution in [2.75, 3.05) is 40.1 Å². The largest absolute Gasteiger partial charge is 0.369 e. The number of para-hydroxylation sites is 2. The lowest BCUT2D eigenvalue weighted by atomic mass is 10.2. The number of carbonyl (C=O) groups excluding carboxylic acids is 2. The molecule has 2 aromatic heterocycles. The summed E-state index contributed by atoms with van der Waals surface area (Å²) in [5.74, 6) is -0.153. The molecule has 0 unspecified atom stereocenters. The van der Waals surface area contributed by atoms with E-state index in [0.717, 1.165) is 5.69 Å². The summed E-state index contributed by atoms with van der Waals surface area (Å²) in [6, 6.07) is 17.6. The maximum atomic E-state index is 13.2. The molecule has 0 spiro atoms. The van der Waals surface area contributed by atoms with Gasteiger partial charge in [0.05, 0.1) is 27.6 Å². The number of hydrogen-bond donors (Lipinski definition) is 2. The van der Waals surface area contributed by atoms with Crippen molar-refractivity contribution >= 4 is 61.5 Å². The molecule has 0 bridgehead atoms. The van der Waals surface area contributed by atoms with Gasteiger partial charge < -0.3 is 20.1 Å². The van der Waals surface area contributed by atoms with Crippen molar-refractivity contribution in [2.45, 2.75) is 6.54 Å². The Kier molecular flexibility index (Phi) is 6.81. The SMILES string of the molecule is O=C(Cn1c(C(=O)Nc2ccc(N3CCS(=O)(=O)CC3)cc2)nc2ccccc21)Nc1ccc(Cl)cn1. The van der Waals surface area contributed by atoms with E-state index >= 15 is 0 Å². The van der Waals surface area contributed by atoms with Crippen molar-refractivity contribution in [3.63, 3.8) is 0 Å². The Balaban J connectivity index is 1.32. The molecule has 1 saturated heterocycles. The van der Waals surface area contributed by atoms with Crippen molar-refractivity contribution in [1.82, 2.24) is 14.5 Å². The molecular formula is C25H23ClN6O4S. The number of hydrogen-bond acceptors (Lipinski definition) is 7. The molecule has 1 aliphatic rings. The van der Waals surface area contributed by atoms with Crippen molar-refractivity contribution in [1.29, 1.82) is 0 Å². The summed E-state index contributed by atoms with van der Waals surface area (Å²) < 4.78 is 24.9. The highest BCUT2D eigenvalue weighted by molar-refractivity contribution is 7.91. The van der Waals surface area contributed by atoms with Gasteiger partial charge in [0.1, 0.15) is 12.4 Å². The van der Waals surface area contributed by atoms with Crippen LogP contribution >= 0.6 is 11.6 Å². The Morgan fingerprint density at radius 2 is 1.68 bits per heavy atom. The van der Waals surface area contributed by atoms with Gasteiger partial charge in [-0.3, -0.25) is 9.59 Å². The number of imidazole rings is 1. The summed E-state index contributed by atoms with van der Waals surface area (Å²) in [6.45, 7) is 0.724. The predicted octanol–water partition coefficient (Wildman–Crippen LogP) is 3.21. The molecule has 37 heavy (non-hydrogen) atoms. The zero-order valence-corrected chi connectivity index (χ0v) is 21.2. The van der Waals surface area contributed by atoms with Crippen LogP contribution in [0.5, 0.6) is 0 Å². The van der Waals surface area contributed by atoms with Gasteiger partial charge >= 0.3 is 0 Å². The molecule has 0 aliphatic carbocycles. The lowest BCUT2D eigenvalue weighted by molar-refractivity contribution is -0.116. The first-order valence-electron chi connectivity index (χ1n) is 11.5. The summed E-state index contributed by atoms with van der Waals surface area (Å²) in [4.78, 5) is 36.5. The number of sulfone groups is 1. The fourth-order valence-electron chi connectivity index (χ4n) is 4.10. The molecule has 12 heteroatoms. The first-order valence-corrected chi connectivity index (χ1v) is 13.7. The highest BCUT2D eigenvalue weighted by atomic mass is 35.5. The van der Waals surface area contributed by atoms with E-state index in [-0.39, 0.29) is 29.8 Å². The van der Waals surface area contributed by atoms with E-state index in [2.05, 4.69) is 20.6 Å². The van der Waals surface area contributed by atoms with Crippen LogP contribution in [0.4, 0.5) is 17.2 Å². The summed E-state index contributed by atoms with van der Waals surface area (Å²) in [5.41, 5.74) is 2.65. The molecule has 2 N–H and O–H groups in total. The van der Waals surface area contributed by atoms with Gasteiger partial charge in [0, 0.05) is 30.7 Å². The number of aromatic nitrogens is 3. The number of halogens is 1. The van der Waals surface area contributed by atoms with Crippen LogP contribution in [0.15, 0.2) is 66.9 Å². The van der Waals surface area contributed by atoms with Crippen LogP contribution in [0.1, 0.15) is 10.6 Å². The van der Waals surface area contributed by atoms with Crippen LogP contribution < -0.4 is 15.5 Å². The van der Waals surface area contributed by atoms with Gasteiger partial charge in [-0.05, 0) is 48.5 Å². The zero-order valence-electron chi connectivity index (χ0n) is 19.6. The molecule has 5 rings (SSSR count). The Bertz CT molecular complexity index is 1560. The van der Waals surface area contributed by atoms with Gasteiger partial charge in [0.25, 0.3) is 5.91 Å². The third kappa shape index (κ3) is 5.73. The Morgan fingerprint density at radius 1 is 0.946 bits per heavy atom. The fourth-order valence-corrected chi connectivity index (χ4v) is 5.41. The molecule has 10 nitrogen and oxygen atoms in total. The third-order valence-corrected chi connectivity index (χ3v) is 7.82. The average Bonchev–Trinajstić information content (AvgIpc) is 3.24. The molecular weight excluding hydrogens is 516 g/mol. The van der Waals surface area contributed by atoms with Crippen LogP contribution in [0, 0.1) is 0 Å². The molecule has 2 amide bonds. The summed E-state index contributed by atoms with van der Waals surface area (Å²) in [7, 11) is -2.97. The first-order chi connectivity index (χ1) is 17.8. The maximum Gasteiger partial charge on any atom is 0.291 e. The van der Waals surface area contributed by atoms with Crippen molar-refractivity contribution in [2.24, 2.45) is 0 Å². The van der Waals surface area contributed by atoms with E-state index in [1.807, 2.05) is 29.2 Å². The molecule has 0 radical (unpaired) electrons. The second-order valence-corrected chi connectivity index (χ2v) is 11.3. The van der Waals surface area contributed by atoms with Crippen LogP contribution in [0.3, 0.4) is 0 Å². The number of nitrogens with one attached hydrogen (secondary N) is 2. The van der Waals surface area contributed by atoms with Crippen molar-refractivity contribution in [3.8, 4) is 0 Å². The normalized spacial score (nSPS) is 14.9. The predicted molar refractivity (Wildman–Crippen MR) is 143 cm³/mol. The van der Waals surface area contributed by atoms with Crippen LogP contribution in [-0.4, -0.2) is 59.4 Å². The number of pyridine rings is 1. The molecule has 4 aromatic rings. The number of rotatable bonds is 6. The molecule has 1 aliphatic heterocycles. The minimum atomic E-state index is -2.97. The van der Waals surface area contributed by atoms with Gasteiger partial charge in [-0.2, -0.15) is 0 Å². The number of fused-ring (bicyclic) bond motifs is 1. The van der Waals surface area contributed by atoms with E-state index in [1.165, 1.54) is 6.20 Å². The number of benzene rings is 2. The summed E-state index contributed by atoms with van der Waals surface area (Å²) in [5, 5.41) is 5.99. The quantitative estimate of drug-likeness (QED) is 0.386. The molecule has 0 saturated carbocycles. The molecule has 1 fully saturated rings. The third-order valence-electron chi connectivity index (χ3n) is 5.99. The number of amides is 2. The van der Waals surface area contributed by atoms with Crippen molar-refractivity contribution in [3.05, 3.63) is 77.7 Å². The Morgan fingerprint density at radius 3 is 2.38 bits per heavy atom. The average molecular weight is 539 g/mol. The monoisotopic (exact) mass is 538 g/mol. The summed E-state index contributed by atoms with van der Waals surface area (Å²) >= 11 is 5.85. The van der Waals surface area contributed by atoms with Crippen LogP contribution in [0.2, 0.25) is 5.02 Å². The highest BCUT2D eigenvalue weighted by Crippen LogP contribution is 2.22. The Hall–Kier alpha value is -3.96. The van der Waals surface area contributed by atoms with Gasteiger partial charge in [0.15, 0.2) is 9.84 Å². The minimum Gasteiger partial charge on any atom is -0.369 e. The van der Waals surface area contributed by atoms with Gasteiger partial charge in [-0.25, -0.2) is 18.4 Å². The van der Waals surface area contributed by atoms with E-state index in [9.17, 15) is 18.0 Å². The van der Waals surface area contributed by atoms with Gasteiger partial charge in [-0.1, -0.05) is 23.7 Å². The van der Waals surface area contributed by atoms with Crippen LogP contribution in [0.25, 0.3) is 11.0 Å². The smallest absolute Gasteiger partial charge is 0.291 e. The molecule has 190 valence electrons. The topological polar surface area (TPSA) is 126 Å². The zero-order chi connectivity index (χ0) is 26.0. The van der Waals surface area contributed by atoms with E-state index in [1.54, 1.807) is 41.0 Å². The van der Waals surface area contributed by atoms with Gasteiger partial charge in [0.2, 0.25) is 11.7 Å². The Labute approximate surface area is 218 Å². The van der Waals surface area contributed by atoms with Crippen LogP contribution in [-0.2, 0) is 21.2 Å². The number of nitrogens with zero attached hydrogens (tertiary/aromatic N) is 4. The second kappa shape index (κ2) is 10.2. The number of anilines is 3. The molecule has 0 atom stereocenters. The number of carbonyl (C=O) groups is 2. The van der Waals surface area contributed by atoms with E-state index in [0.29, 0.717) is 40.7 Å². The standard InChI is InChI=1S/C25H23ClN6O4S/c26-17-5-10-22(27-15-17)30-23(33)16-32-21-4-2-1-3-20(21)29-24(32)25(34)28-18-6-8-19(9-7-18)31-11-13-37(35,36)14-12-31/h1-10,15H,11-14,16H2,(H,28,34)(H,27,30,33). The van der Waals surface area contributed by atoms with E-state index < -0.39 is 15.7 Å². The first kappa shape index (κ1) is 24.7. The minimum absolute atomic E-state index is 0.0886. The maximum absolute atomic E-state index is 13.2. The second-order valence-electron chi connectivity index (χ2n) is 8.56. The lowest BCUT2D eigenvalue weighted by Crippen LogP contribution is -2.40. The summed E-state index contributed by atoms with van der Waals surface area (Å²) in [6.07, 6.45) is 1.43.